The minimum absolute atomic E-state index is 0.0196. The molecular weight excluding hydrogens is 508 g/mol. The maximum Gasteiger partial charge on any atom is 0.251 e. The number of nitrogens with one attached hydrogen (secondary N) is 2. The number of amides is 2. The molecule has 2 aromatic rings. The molecule has 0 bridgehead atoms. The Hall–Kier alpha value is -3.24. The monoisotopic (exact) mass is 550 g/mol. The number of carbonyl (C=O) groups excluding carboxylic acids is 2. The largest absolute Gasteiger partial charge is 0.383 e. The molecule has 2 N–H and O–H groups in total. The topological polar surface area (TPSA) is 109 Å². The summed E-state index contributed by atoms with van der Waals surface area (Å²) in [6.07, 6.45) is 5.38. The number of rotatable bonds is 9. The Morgan fingerprint density at radius 1 is 1.12 bits per heavy atom. The normalized spacial score (nSPS) is 23.4. The van der Waals surface area contributed by atoms with Gasteiger partial charge in [0.05, 0.1) is 31.6 Å². The molecule has 1 aromatic heterocycles. The molecule has 1 aromatic carbocycles. The van der Waals surface area contributed by atoms with Crippen molar-refractivity contribution in [2.45, 2.75) is 64.1 Å². The van der Waals surface area contributed by atoms with Crippen LogP contribution in [0.5, 0.6) is 0 Å². The maximum atomic E-state index is 13.3. The molecule has 1 aliphatic carbocycles. The summed E-state index contributed by atoms with van der Waals surface area (Å²) in [5.74, 6) is 1.73. The molecule has 10 nitrogen and oxygen atoms in total. The van der Waals surface area contributed by atoms with Crippen molar-refractivity contribution in [3.63, 3.8) is 0 Å². The average molecular weight is 551 g/mol. The lowest BCUT2D eigenvalue weighted by atomic mass is 9.84. The van der Waals surface area contributed by atoms with E-state index in [-0.39, 0.29) is 29.9 Å². The van der Waals surface area contributed by atoms with Crippen LogP contribution in [0.25, 0.3) is 0 Å². The quantitative estimate of drug-likeness (QED) is 0.459. The number of hydrogen-bond donors (Lipinski definition) is 2. The first-order valence-corrected chi connectivity index (χ1v) is 14.6. The van der Waals surface area contributed by atoms with Gasteiger partial charge in [0, 0.05) is 50.1 Å². The number of carbonyl (C=O) groups is 2. The minimum atomic E-state index is -0.328. The Bertz CT molecular complexity index is 1170. The Balaban J connectivity index is 1.31. The summed E-state index contributed by atoms with van der Waals surface area (Å²) in [7, 11) is 1.63. The molecular formula is C30H42N6O4. The highest BCUT2D eigenvalue weighted by atomic mass is 16.5. The van der Waals surface area contributed by atoms with Gasteiger partial charge in [0.1, 0.15) is 17.7 Å². The van der Waals surface area contributed by atoms with E-state index in [0.717, 1.165) is 69.2 Å². The molecule has 2 aliphatic heterocycles. The van der Waals surface area contributed by atoms with Crippen LogP contribution in [-0.4, -0.2) is 80.4 Å². The number of fused-ring (bicyclic) bond motifs is 1. The Morgan fingerprint density at radius 2 is 1.88 bits per heavy atom. The number of aromatic nitrogens is 2. The van der Waals surface area contributed by atoms with Crippen molar-refractivity contribution in [2.75, 3.05) is 56.4 Å². The molecule has 0 spiro atoms. The van der Waals surface area contributed by atoms with Crippen molar-refractivity contribution in [3.05, 3.63) is 47.4 Å². The molecule has 2 saturated heterocycles. The van der Waals surface area contributed by atoms with Crippen molar-refractivity contribution >= 4 is 23.3 Å². The van der Waals surface area contributed by atoms with Gasteiger partial charge in [-0.1, -0.05) is 12.8 Å². The molecule has 3 heterocycles. The van der Waals surface area contributed by atoms with Crippen LogP contribution in [0.4, 0.5) is 11.5 Å². The fourth-order valence-corrected chi connectivity index (χ4v) is 6.35. The van der Waals surface area contributed by atoms with E-state index in [0.29, 0.717) is 30.5 Å². The number of hydrogen-bond acceptors (Lipinski definition) is 8. The Labute approximate surface area is 236 Å². The molecule has 5 rings (SSSR count). The predicted octanol–water partition coefficient (Wildman–Crippen LogP) is 3.01. The lowest BCUT2D eigenvalue weighted by Gasteiger charge is -2.35. The van der Waals surface area contributed by atoms with E-state index in [9.17, 15) is 9.59 Å². The van der Waals surface area contributed by atoms with Gasteiger partial charge in [-0.3, -0.25) is 9.59 Å². The fraction of sp³-hybridized carbons (Fsp3) is 0.600. The average Bonchev–Trinajstić information content (AvgIpc) is 3.37. The Kier molecular flexibility index (Phi) is 9.16. The first kappa shape index (κ1) is 28.3. The zero-order valence-corrected chi connectivity index (χ0v) is 23.9. The molecule has 4 atom stereocenters. The van der Waals surface area contributed by atoms with E-state index >= 15 is 0 Å². The van der Waals surface area contributed by atoms with Crippen molar-refractivity contribution in [3.8, 4) is 0 Å². The van der Waals surface area contributed by atoms with E-state index in [4.69, 9.17) is 14.5 Å². The SMILES string of the molecule is COCCNC(=O)[C@@H]1C[C@@H]2CCCC[C@@H]2N1c1cc(C(C)NC(=O)c2ccc(N3CCOCC3)cc2)nc(C)n1. The molecule has 0 radical (unpaired) electrons. The van der Waals surface area contributed by atoms with Crippen molar-refractivity contribution in [1.82, 2.24) is 20.6 Å². The number of ether oxygens (including phenoxy) is 2. The maximum absolute atomic E-state index is 13.3. The van der Waals surface area contributed by atoms with Gasteiger partial charge in [0.25, 0.3) is 5.91 Å². The van der Waals surface area contributed by atoms with Crippen LogP contribution in [0.1, 0.15) is 66.9 Å². The first-order chi connectivity index (χ1) is 19.4. The highest BCUT2D eigenvalue weighted by Gasteiger charge is 2.46. The second-order valence-electron chi connectivity index (χ2n) is 11.1. The molecule has 216 valence electrons. The number of methoxy groups -OCH3 is 1. The third-order valence-electron chi connectivity index (χ3n) is 8.40. The summed E-state index contributed by atoms with van der Waals surface area (Å²) in [5, 5.41) is 6.15. The van der Waals surface area contributed by atoms with E-state index in [1.165, 1.54) is 6.42 Å². The molecule has 10 heteroatoms. The van der Waals surface area contributed by atoms with E-state index in [1.807, 2.05) is 44.2 Å². The summed E-state index contributed by atoms with van der Waals surface area (Å²) in [5.41, 5.74) is 2.43. The number of benzene rings is 1. The van der Waals surface area contributed by atoms with Crippen molar-refractivity contribution < 1.29 is 19.1 Å². The summed E-state index contributed by atoms with van der Waals surface area (Å²) in [6, 6.07) is 9.34. The third-order valence-corrected chi connectivity index (χ3v) is 8.40. The second kappa shape index (κ2) is 13.0. The summed E-state index contributed by atoms with van der Waals surface area (Å²) in [6.45, 7) is 7.92. The second-order valence-corrected chi connectivity index (χ2v) is 11.1. The summed E-state index contributed by atoms with van der Waals surface area (Å²) < 4.78 is 10.6. The first-order valence-electron chi connectivity index (χ1n) is 14.6. The lowest BCUT2D eigenvalue weighted by Crippen LogP contribution is -2.48. The van der Waals surface area contributed by atoms with Crippen molar-refractivity contribution in [1.29, 1.82) is 0 Å². The van der Waals surface area contributed by atoms with E-state index in [2.05, 4.69) is 25.4 Å². The number of nitrogens with zero attached hydrogens (tertiary/aromatic N) is 4. The third kappa shape index (κ3) is 6.39. The summed E-state index contributed by atoms with van der Waals surface area (Å²) in [4.78, 5) is 40.4. The van der Waals surface area contributed by atoms with Crippen LogP contribution in [0.15, 0.2) is 30.3 Å². The molecule has 3 aliphatic rings. The summed E-state index contributed by atoms with van der Waals surface area (Å²) >= 11 is 0. The van der Waals surface area contributed by atoms with Gasteiger partial charge in [-0.2, -0.15) is 0 Å². The zero-order chi connectivity index (χ0) is 28.1. The highest BCUT2D eigenvalue weighted by Crippen LogP contribution is 2.42. The van der Waals surface area contributed by atoms with Crippen LogP contribution in [-0.2, 0) is 14.3 Å². The van der Waals surface area contributed by atoms with Gasteiger partial charge < -0.3 is 29.9 Å². The van der Waals surface area contributed by atoms with Gasteiger partial charge in [0.15, 0.2) is 0 Å². The molecule has 3 fully saturated rings. The fourth-order valence-electron chi connectivity index (χ4n) is 6.35. The van der Waals surface area contributed by atoms with Crippen LogP contribution in [0.2, 0.25) is 0 Å². The predicted molar refractivity (Wildman–Crippen MR) is 154 cm³/mol. The molecule has 1 saturated carbocycles. The minimum Gasteiger partial charge on any atom is -0.383 e. The standard InChI is InChI=1S/C30H42N6O4/c1-20(32-29(37)22-8-10-24(11-9-22)35-13-16-40-17-14-35)25-19-28(34-21(2)33-25)36-26-7-5-4-6-23(26)18-27(36)30(38)31-12-15-39-3/h8-11,19-20,23,26-27H,4-7,12-18H2,1-3H3,(H,31,38)(H,32,37)/t20?,23-,26-,27-/m0/s1. The van der Waals surface area contributed by atoms with Gasteiger partial charge in [0.2, 0.25) is 5.91 Å². The van der Waals surface area contributed by atoms with Gasteiger partial charge in [-0.15, -0.1) is 0 Å². The van der Waals surface area contributed by atoms with Crippen LogP contribution in [0.3, 0.4) is 0 Å². The van der Waals surface area contributed by atoms with E-state index < -0.39 is 0 Å². The van der Waals surface area contributed by atoms with Crippen molar-refractivity contribution in [2.24, 2.45) is 5.92 Å². The van der Waals surface area contributed by atoms with Crippen LogP contribution in [0, 0.1) is 12.8 Å². The smallest absolute Gasteiger partial charge is 0.251 e. The number of morpholine rings is 1. The van der Waals surface area contributed by atoms with Gasteiger partial charge >= 0.3 is 0 Å². The number of anilines is 2. The van der Waals surface area contributed by atoms with Crippen LogP contribution < -0.4 is 20.4 Å². The molecule has 2 amide bonds. The van der Waals surface area contributed by atoms with E-state index in [1.54, 1.807) is 7.11 Å². The van der Waals surface area contributed by atoms with Crippen LogP contribution >= 0.6 is 0 Å². The number of aryl methyl sites for hydroxylation is 1. The molecule has 40 heavy (non-hydrogen) atoms. The van der Waals surface area contributed by atoms with Gasteiger partial charge in [-0.05, 0) is 63.3 Å². The lowest BCUT2D eigenvalue weighted by molar-refractivity contribution is -0.122. The Morgan fingerprint density at radius 3 is 2.62 bits per heavy atom. The highest BCUT2D eigenvalue weighted by molar-refractivity contribution is 5.94. The zero-order valence-electron chi connectivity index (χ0n) is 23.9. The molecule has 1 unspecified atom stereocenters. The van der Waals surface area contributed by atoms with Gasteiger partial charge in [-0.25, -0.2) is 9.97 Å².